The summed E-state index contributed by atoms with van der Waals surface area (Å²) >= 11 is 0. The summed E-state index contributed by atoms with van der Waals surface area (Å²) in [5.74, 6) is -0.610. The minimum Gasteiger partial charge on any atom is -0.497 e. The second-order valence-electron chi connectivity index (χ2n) is 2.60. The number of ether oxygens (including phenoxy) is 2. The minimum absolute atomic E-state index is 0.0609. The van der Waals surface area contributed by atoms with E-state index in [1.165, 1.54) is 20.3 Å². The van der Waals surface area contributed by atoms with Crippen LogP contribution in [-0.4, -0.2) is 31.4 Å². The molecule has 0 aromatic heterocycles. The maximum Gasteiger partial charge on any atom is 0.492 e. The molecule has 0 atom stereocenters. The predicted octanol–water partition coefficient (Wildman–Crippen LogP) is -0.477. The minimum atomic E-state index is -1.72. The zero-order valence-electron chi connectivity index (χ0n) is 7.82. The average Bonchev–Trinajstić information content (AvgIpc) is 2.16. The predicted molar refractivity (Wildman–Crippen MR) is 49.3 cm³/mol. The number of rotatable bonds is 3. The van der Waals surface area contributed by atoms with Crippen LogP contribution in [0.5, 0.6) is 11.5 Å². The summed E-state index contributed by atoms with van der Waals surface area (Å²) in [5.41, 5.74) is 0.0609. The topological polar surface area (TPSA) is 58.9 Å². The molecule has 2 N–H and O–H groups in total. The summed E-state index contributed by atoms with van der Waals surface area (Å²) < 4.78 is 22.6. The molecule has 1 aromatic carbocycles. The standard InChI is InChI=1S/C8H10BFO4/c1-13-7-4-6(10)8(14-2)3-5(7)9(11)12/h3-4,11-12H,1-2H3. The van der Waals surface area contributed by atoms with Gasteiger partial charge in [-0.25, -0.2) is 4.39 Å². The fraction of sp³-hybridized carbons (Fsp3) is 0.250. The van der Waals surface area contributed by atoms with Crippen molar-refractivity contribution in [1.29, 1.82) is 0 Å². The van der Waals surface area contributed by atoms with E-state index in [4.69, 9.17) is 14.8 Å². The van der Waals surface area contributed by atoms with Crippen molar-refractivity contribution in [3.8, 4) is 11.5 Å². The Kier molecular flexibility index (Phi) is 3.32. The lowest BCUT2D eigenvalue weighted by molar-refractivity contribution is 0.375. The zero-order valence-corrected chi connectivity index (χ0v) is 7.82. The molecule has 0 aliphatic carbocycles. The first-order chi connectivity index (χ1) is 6.60. The molecule has 0 saturated carbocycles. The van der Waals surface area contributed by atoms with Crippen LogP contribution in [0.4, 0.5) is 4.39 Å². The fourth-order valence-electron chi connectivity index (χ4n) is 1.09. The normalized spacial score (nSPS) is 9.79. The second kappa shape index (κ2) is 4.30. The van der Waals surface area contributed by atoms with Gasteiger partial charge in [0.05, 0.1) is 14.2 Å². The van der Waals surface area contributed by atoms with E-state index in [9.17, 15) is 4.39 Å². The van der Waals surface area contributed by atoms with Crippen LogP contribution in [0.2, 0.25) is 0 Å². The third-order valence-electron chi connectivity index (χ3n) is 1.78. The highest BCUT2D eigenvalue weighted by atomic mass is 19.1. The summed E-state index contributed by atoms with van der Waals surface area (Å²) in [4.78, 5) is 0. The first kappa shape index (κ1) is 10.8. The van der Waals surface area contributed by atoms with Crippen molar-refractivity contribution in [3.05, 3.63) is 17.9 Å². The molecule has 0 amide bonds. The monoisotopic (exact) mass is 200 g/mol. The van der Waals surface area contributed by atoms with Crippen LogP contribution < -0.4 is 14.9 Å². The lowest BCUT2D eigenvalue weighted by atomic mass is 9.79. The Labute approximate surface area is 81.0 Å². The van der Waals surface area contributed by atoms with Gasteiger partial charge in [-0.15, -0.1) is 0 Å². The van der Waals surface area contributed by atoms with Gasteiger partial charge in [0.2, 0.25) is 0 Å². The highest BCUT2D eigenvalue weighted by molar-refractivity contribution is 6.59. The second-order valence-corrected chi connectivity index (χ2v) is 2.60. The first-order valence-electron chi connectivity index (χ1n) is 3.87. The van der Waals surface area contributed by atoms with E-state index in [2.05, 4.69) is 4.74 Å². The third kappa shape index (κ3) is 1.97. The molecule has 0 saturated heterocycles. The van der Waals surface area contributed by atoms with Gasteiger partial charge in [-0.3, -0.25) is 0 Å². The van der Waals surface area contributed by atoms with Gasteiger partial charge in [-0.2, -0.15) is 0 Å². The van der Waals surface area contributed by atoms with Crippen LogP contribution in [0.15, 0.2) is 12.1 Å². The molecule has 6 heteroatoms. The number of methoxy groups -OCH3 is 2. The Balaban J connectivity index is 3.25. The van der Waals surface area contributed by atoms with E-state index >= 15 is 0 Å². The van der Waals surface area contributed by atoms with Crippen LogP contribution in [0.3, 0.4) is 0 Å². The van der Waals surface area contributed by atoms with Gasteiger partial charge < -0.3 is 19.5 Å². The molecule has 0 heterocycles. The van der Waals surface area contributed by atoms with E-state index in [0.29, 0.717) is 0 Å². The quantitative estimate of drug-likeness (QED) is 0.647. The van der Waals surface area contributed by atoms with Gasteiger partial charge >= 0.3 is 7.12 Å². The number of hydrogen-bond donors (Lipinski definition) is 2. The molecule has 0 fully saturated rings. The summed E-state index contributed by atoms with van der Waals surface area (Å²) in [6.45, 7) is 0. The van der Waals surface area contributed by atoms with Crippen LogP contribution in [-0.2, 0) is 0 Å². The molecule has 0 spiro atoms. The molecule has 1 rings (SSSR count). The largest absolute Gasteiger partial charge is 0.497 e. The van der Waals surface area contributed by atoms with Gasteiger partial charge in [-0.05, 0) is 6.07 Å². The number of halogens is 1. The van der Waals surface area contributed by atoms with Crippen molar-refractivity contribution < 1.29 is 23.9 Å². The van der Waals surface area contributed by atoms with E-state index in [1.807, 2.05) is 0 Å². The first-order valence-corrected chi connectivity index (χ1v) is 3.87. The Morgan fingerprint density at radius 3 is 2.14 bits per heavy atom. The highest BCUT2D eigenvalue weighted by Crippen LogP contribution is 2.20. The van der Waals surface area contributed by atoms with Crippen LogP contribution in [0.1, 0.15) is 0 Å². The summed E-state index contributed by atoms with van der Waals surface area (Å²) in [6, 6.07) is 2.21. The Morgan fingerprint density at radius 1 is 1.14 bits per heavy atom. The maximum atomic E-state index is 13.1. The van der Waals surface area contributed by atoms with Crippen LogP contribution in [0.25, 0.3) is 0 Å². The van der Waals surface area contributed by atoms with Crippen molar-refractivity contribution in [2.75, 3.05) is 14.2 Å². The van der Waals surface area contributed by atoms with Gasteiger partial charge in [-0.1, -0.05) is 0 Å². The molecule has 4 nitrogen and oxygen atoms in total. The molecule has 14 heavy (non-hydrogen) atoms. The Morgan fingerprint density at radius 2 is 1.71 bits per heavy atom. The van der Waals surface area contributed by atoms with Gasteiger partial charge in [0.25, 0.3) is 0 Å². The molecule has 76 valence electrons. The fourth-order valence-corrected chi connectivity index (χ4v) is 1.09. The summed E-state index contributed by atoms with van der Waals surface area (Å²) in [6.07, 6.45) is 0. The lowest BCUT2D eigenvalue weighted by Crippen LogP contribution is -2.31. The molecule has 0 unspecified atom stereocenters. The van der Waals surface area contributed by atoms with Crippen molar-refractivity contribution in [2.24, 2.45) is 0 Å². The van der Waals surface area contributed by atoms with Crippen molar-refractivity contribution in [2.45, 2.75) is 0 Å². The van der Waals surface area contributed by atoms with E-state index in [-0.39, 0.29) is 17.0 Å². The third-order valence-corrected chi connectivity index (χ3v) is 1.78. The summed E-state index contributed by atoms with van der Waals surface area (Å²) in [7, 11) is 0.880. The lowest BCUT2D eigenvalue weighted by Gasteiger charge is -2.10. The van der Waals surface area contributed by atoms with E-state index < -0.39 is 12.9 Å². The van der Waals surface area contributed by atoms with E-state index in [0.717, 1.165) is 6.07 Å². The summed E-state index contributed by atoms with van der Waals surface area (Å²) in [5, 5.41) is 17.9. The van der Waals surface area contributed by atoms with Crippen molar-refractivity contribution in [3.63, 3.8) is 0 Å². The Hall–Kier alpha value is -1.27. The van der Waals surface area contributed by atoms with Crippen molar-refractivity contribution >= 4 is 12.6 Å². The Bertz CT molecular complexity index is 329. The van der Waals surface area contributed by atoms with Gasteiger partial charge in [0.1, 0.15) is 5.75 Å². The average molecular weight is 200 g/mol. The zero-order chi connectivity index (χ0) is 10.7. The van der Waals surface area contributed by atoms with Crippen LogP contribution >= 0.6 is 0 Å². The number of hydrogen-bond acceptors (Lipinski definition) is 4. The van der Waals surface area contributed by atoms with E-state index in [1.54, 1.807) is 0 Å². The van der Waals surface area contributed by atoms with Crippen molar-refractivity contribution in [1.82, 2.24) is 0 Å². The van der Waals surface area contributed by atoms with Gasteiger partial charge in [0.15, 0.2) is 11.6 Å². The molecular weight excluding hydrogens is 190 g/mol. The molecule has 1 aromatic rings. The number of benzene rings is 1. The molecule has 0 aliphatic heterocycles. The maximum absolute atomic E-state index is 13.1. The smallest absolute Gasteiger partial charge is 0.492 e. The highest BCUT2D eigenvalue weighted by Gasteiger charge is 2.20. The van der Waals surface area contributed by atoms with Gasteiger partial charge in [0, 0.05) is 11.5 Å². The molecule has 0 bridgehead atoms. The SMILES string of the molecule is COc1cc(B(O)O)c(OC)cc1F. The molecular formula is C8H10BFO4. The molecule has 0 radical (unpaired) electrons. The molecule has 0 aliphatic rings. The van der Waals surface area contributed by atoms with Crippen LogP contribution in [0, 0.1) is 5.82 Å².